The molecule has 140 valence electrons. The average Bonchev–Trinajstić information content (AvgIpc) is 2.89. The van der Waals surface area contributed by atoms with Crippen molar-refractivity contribution >= 4 is 17.4 Å². The third-order valence-corrected chi connectivity index (χ3v) is 4.99. The molecular weight excluding hydrogens is 338 g/mol. The molecule has 1 aliphatic rings. The van der Waals surface area contributed by atoms with Gasteiger partial charge < -0.3 is 5.11 Å². The van der Waals surface area contributed by atoms with Crippen molar-refractivity contribution in [2.75, 3.05) is 4.90 Å². The number of carbonyl (C=O) groups excluding carboxylic acids is 2. The molecule has 0 radical (unpaired) electrons. The van der Waals surface area contributed by atoms with E-state index >= 15 is 0 Å². The lowest BCUT2D eigenvalue weighted by Gasteiger charge is -2.27. The van der Waals surface area contributed by atoms with Gasteiger partial charge in [-0.1, -0.05) is 50.2 Å². The van der Waals surface area contributed by atoms with Crippen LogP contribution in [0, 0.1) is 19.8 Å². The number of carbonyl (C=O) groups is 2. The van der Waals surface area contributed by atoms with Gasteiger partial charge in [-0.05, 0) is 48.6 Å². The van der Waals surface area contributed by atoms with Gasteiger partial charge in [-0.15, -0.1) is 0 Å². The number of Topliss-reactive ketones (excluding diaryl/α,β-unsaturated/α-hetero) is 1. The van der Waals surface area contributed by atoms with Crippen molar-refractivity contribution in [3.05, 3.63) is 76.6 Å². The molecule has 0 spiro atoms. The molecule has 1 heterocycles. The lowest BCUT2D eigenvalue weighted by molar-refractivity contribution is -0.118. The van der Waals surface area contributed by atoms with E-state index in [1.165, 1.54) is 4.90 Å². The summed E-state index contributed by atoms with van der Waals surface area (Å²) in [7, 11) is 0. The Hall–Kier alpha value is -2.88. The summed E-state index contributed by atoms with van der Waals surface area (Å²) in [4.78, 5) is 27.4. The van der Waals surface area contributed by atoms with E-state index in [4.69, 9.17) is 0 Å². The maximum atomic E-state index is 13.0. The summed E-state index contributed by atoms with van der Waals surface area (Å²) in [6.07, 6.45) is 0.288. The minimum absolute atomic E-state index is 0.139. The molecule has 0 bridgehead atoms. The minimum Gasteiger partial charge on any atom is -0.503 e. The van der Waals surface area contributed by atoms with Crippen LogP contribution in [0.5, 0.6) is 0 Å². The van der Waals surface area contributed by atoms with Crippen molar-refractivity contribution in [2.45, 2.75) is 40.2 Å². The number of aliphatic hydroxyl groups excluding tert-OH is 1. The third kappa shape index (κ3) is 3.52. The Kier molecular flexibility index (Phi) is 5.17. The highest BCUT2D eigenvalue weighted by molar-refractivity contribution is 6.16. The molecule has 2 aromatic rings. The van der Waals surface area contributed by atoms with Gasteiger partial charge in [-0.25, -0.2) is 0 Å². The molecule has 0 fully saturated rings. The molecule has 27 heavy (non-hydrogen) atoms. The zero-order valence-electron chi connectivity index (χ0n) is 16.2. The lowest BCUT2D eigenvalue weighted by Crippen LogP contribution is -2.31. The van der Waals surface area contributed by atoms with Gasteiger partial charge >= 0.3 is 0 Å². The first-order chi connectivity index (χ1) is 12.8. The zero-order valence-corrected chi connectivity index (χ0v) is 16.2. The van der Waals surface area contributed by atoms with Crippen LogP contribution in [0.4, 0.5) is 5.69 Å². The second kappa shape index (κ2) is 7.39. The van der Waals surface area contributed by atoms with Gasteiger partial charge in [0.1, 0.15) is 0 Å². The number of aliphatic hydroxyl groups is 1. The van der Waals surface area contributed by atoms with Crippen LogP contribution >= 0.6 is 0 Å². The Bertz CT molecular complexity index is 912. The minimum atomic E-state index is -0.618. The molecule has 0 saturated carbocycles. The van der Waals surface area contributed by atoms with Crippen molar-refractivity contribution < 1.29 is 14.7 Å². The molecule has 3 rings (SSSR count). The second-order valence-corrected chi connectivity index (χ2v) is 7.54. The van der Waals surface area contributed by atoms with Crippen LogP contribution in [-0.4, -0.2) is 16.8 Å². The number of rotatable bonds is 5. The zero-order chi connectivity index (χ0) is 19.7. The molecule has 1 unspecified atom stereocenters. The average molecular weight is 363 g/mol. The first-order valence-corrected chi connectivity index (χ1v) is 9.23. The van der Waals surface area contributed by atoms with Crippen LogP contribution in [0.2, 0.25) is 0 Å². The Morgan fingerprint density at radius 2 is 1.74 bits per heavy atom. The number of benzene rings is 2. The number of ketones is 1. The smallest absolute Gasteiger partial charge is 0.294 e. The molecule has 1 atom stereocenters. The van der Waals surface area contributed by atoms with Gasteiger partial charge in [0, 0.05) is 12.1 Å². The second-order valence-electron chi connectivity index (χ2n) is 7.54. The van der Waals surface area contributed by atoms with Gasteiger partial charge in [0.15, 0.2) is 11.5 Å². The molecule has 4 heteroatoms. The predicted molar refractivity (Wildman–Crippen MR) is 107 cm³/mol. The van der Waals surface area contributed by atoms with Crippen LogP contribution in [0.3, 0.4) is 0 Å². The molecule has 2 aromatic carbocycles. The van der Waals surface area contributed by atoms with Crippen molar-refractivity contribution in [3.63, 3.8) is 0 Å². The van der Waals surface area contributed by atoms with Crippen LogP contribution < -0.4 is 4.90 Å². The standard InChI is InChI=1S/C23H25NO3/c1-14(2)12-19(25)20-21(17-8-6-5-7-9-17)24(23(27)22(20)26)18-11-10-15(3)16(4)13-18/h5-11,13-14,21,26H,12H2,1-4H3. The van der Waals surface area contributed by atoms with Crippen molar-refractivity contribution in [2.24, 2.45) is 5.92 Å². The Balaban J connectivity index is 2.14. The number of hydrogen-bond acceptors (Lipinski definition) is 3. The number of nitrogens with zero attached hydrogens (tertiary/aromatic N) is 1. The summed E-state index contributed by atoms with van der Waals surface area (Å²) in [6, 6.07) is 14.5. The lowest BCUT2D eigenvalue weighted by atomic mass is 9.92. The van der Waals surface area contributed by atoms with E-state index < -0.39 is 17.7 Å². The van der Waals surface area contributed by atoms with Crippen molar-refractivity contribution in [1.29, 1.82) is 0 Å². The highest BCUT2D eigenvalue weighted by Crippen LogP contribution is 2.41. The highest BCUT2D eigenvalue weighted by Gasteiger charge is 2.44. The van der Waals surface area contributed by atoms with Crippen LogP contribution in [0.25, 0.3) is 0 Å². The normalized spacial score (nSPS) is 17.1. The van der Waals surface area contributed by atoms with Crippen molar-refractivity contribution in [1.82, 2.24) is 0 Å². The van der Waals surface area contributed by atoms with E-state index in [2.05, 4.69) is 0 Å². The molecule has 4 nitrogen and oxygen atoms in total. The SMILES string of the molecule is Cc1ccc(N2C(=O)C(O)=C(C(=O)CC(C)C)C2c2ccccc2)cc1C. The Morgan fingerprint density at radius 1 is 1.07 bits per heavy atom. The van der Waals surface area contributed by atoms with Gasteiger partial charge in [-0.3, -0.25) is 14.5 Å². The Labute approximate surface area is 160 Å². The van der Waals surface area contributed by atoms with Crippen LogP contribution in [0.1, 0.15) is 43.0 Å². The maximum Gasteiger partial charge on any atom is 0.294 e. The number of amides is 1. The predicted octanol–water partition coefficient (Wildman–Crippen LogP) is 4.82. The summed E-state index contributed by atoms with van der Waals surface area (Å²) >= 11 is 0. The Morgan fingerprint density at radius 3 is 2.33 bits per heavy atom. The maximum absolute atomic E-state index is 13.0. The third-order valence-electron chi connectivity index (χ3n) is 4.99. The summed E-state index contributed by atoms with van der Waals surface area (Å²) < 4.78 is 0. The number of anilines is 1. The number of hydrogen-bond donors (Lipinski definition) is 1. The molecule has 1 aliphatic heterocycles. The summed E-state index contributed by atoms with van der Waals surface area (Å²) in [5.41, 5.74) is 3.85. The largest absolute Gasteiger partial charge is 0.503 e. The van der Waals surface area contributed by atoms with Gasteiger partial charge in [0.2, 0.25) is 0 Å². The summed E-state index contributed by atoms with van der Waals surface area (Å²) in [5.74, 6) is -1.01. The molecule has 0 saturated heterocycles. The van der Waals surface area contributed by atoms with E-state index in [-0.39, 0.29) is 23.7 Å². The van der Waals surface area contributed by atoms with Gasteiger partial charge in [-0.2, -0.15) is 0 Å². The summed E-state index contributed by atoms with van der Waals surface area (Å²) in [5, 5.41) is 10.6. The fourth-order valence-corrected chi connectivity index (χ4v) is 3.46. The first-order valence-electron chi connectivity index (χ1n) is 9.23. The molecule has 1 amide bonds. The molecular formula is C23H25NO3. The van der Waals surface area contributed by atoms with E-state index in [0.29, 0.717) is 5.69 Å². The number of aryl methyl sites for hydroxylation is 2. The quantitative estimate of drug-likeness (QED) is 0.829. The van der Waals surface area contributed by atoms with Gasteiger partial charge in [0.05, 0.1) is 11.6 Å². The van der Waals surface area contributed by atoms with Crippen LogP contribution in [0.15, 0.2) is 59.9 Å². The van der Waals surface area contributed by atoms with Crippen LogP contribution in [-0.2, 0) is 9.59 Å². The van der Waals surface area contributed by atoms with E-state index in [0.717, 1.165) is 16.7 Å². The monoisotopic (exact) mass is 363 g/mol. The first kappa shape index (κ1) is 18.9. The van der Waals surface area contributed by atoms with E-state index in [9.17, 15) is 14.7 Å². The topological polar surface area (TPSA) is 57.6 Å². The van der Waals surface area contributed by atoms with E-state index in [1.807, 2.05) is 76.2 Å². The fraction of sp³-hybridized carbons (Fsp3) is 0.304. The molecule has 1 N–H and O–H groups in total. The molecule has 0 aliphatic carbocycles. The molecule has 0 aromatic heterocycles. The summed E-state index contributed by atoms with van der Waals surface area (Å²) in [6.45, 7) is 7.89. The van der Waals surface area contributed by atoms with Gasteiger partial charge in [0.25, 0.3) is 5.91 Å². The van der Waals surface area contributed by atoms with E-state index in [1.54, 1.807) is 0 Å². The van der Waals surface area contributed by atoms with Crippen molar-refractivity contribution in [3.8, 4) is 0 Å². The fourth-order valence-electron chi connectivity index (χ4n) is 3.46. The highest BCUT2D eigenvalue weighted by atomic mass is 16.3.